The molecule has 2 rings (SSSR count). The second kappa shape index (κ2) is 5.33. The number of ether oxygens (including phenoxy) is 1. The molecule has 0 saturated carbocycles. The second-order valence-electron chi connectivity index (χ2n) is 3.79. The van der Waals surface area contributed by atoms with Crippen molar-refractivity contribution in [3.8, 4) is 5.75 Å². The lowest BCUT2D eigenvalue weighted by molar-refractivity contribution is 0.414. The van der Waals surface area contributed by atoms with Crippen LogP contribution >= 0.6 is 0 Å². The van der Waals surface area contributed by atoms with Gasteiger partial charge in [0, 0.05) is 0 Å². The minimum absolute atomic E-state index is 0.142. The average Bonchev–Trinajstić information content (AvgIpc) is 2.92. The number of rotatable bonds is 5. The van der Waals surface area contributed by atoms with Crippen molar-refractivity contribution in [2.75, 3.05) is 7.11 Å². The van der Waals surface area contributed by atoms with Crippen LogP contribution in [-0.2, 0) is 10.0 Å². The Balaban J connectivity index is 2.17. The van der Waals surface area contributed by atoms with E-state index in [0.717, 1.165) is 0 Å². The van der Waals surface area contributed by atoms with Crippen molar-refractivity contribution >= 4 is 10.0 Å². The summed E-state index contributed by atoms with van der Waals surface area (Å²) in [6.45, 7) is 1.63. The number of hydrogen-bond donors (Lipinski definition) is 2. The highest BCUT2D eigenvalue weighted by Crippen LogP contribution is 2.17. The summed E-state index contributed by atoms with van der Waals surface area (Å²) >= 11 is 0. The van der Waals surface area contributed by atoms with E-state index < -0.39 is 16.1 Å². The summed E-state index contributed by atoms with van der Waals surface area (Å²) in [5.41, 5.74) is 0. The van der Waals surface area contributed by atoms with Crippen molar-refractivity contribution in [3.63, 3.8) is 0 Å². The lowest BCUT2D eigenvalue weighted by Crippen LogP contribution is -2.27. The lowest BCUT2D eigenvalue weighted by Gasteiger charge is -2.11. The molecule has 0 bridgehead atoms. The van der Waals surface area contributed by atoms with Crippen molar-refractivity contribution in [1.82, 2.24) is 25.3 Å². The molecule has 0 spiro atoms. The Kier molecular flexibility index (Phi) is 3.76. The van der Waals surface area contributed by atoms with Crippen molar-refractivity contribution < 1.29 is 13.2 Å². The molecule has 1 atom stereocenters. The standard InChI is InChI=1S/C10H13N5O3S/c1-7(10-11-14-15-12-10)13-19(16,17)9-5-3-8(18-2)4-6-9/h3-7,13H,1-2H3,(H,11,12,14,15). The Morgan fingerprint density at radius 1 is 1.32 bits per heavy atom. The maximum atomic E-state index is 12.1. The van der Waals surface area contributed by atoms with E-state index in [4.69, 9.17) is 4.74 Å². The predicted octanol–water partition coefficient (Wildman–Crippen LogP) is 0.248. The zero-order chi connectivity index (χ0) is 13.9. The largest absolute Gasteiger partial charge is 0.497 e. The van der Waals surface area contributed by atoms with E-state index in [2.05, 4.69) is 25.3 Å². The smallest absolute Gasteiger partial charge is 0.241 e. The predicted molar refractivity (Wildman–Crippen MR) is 65.9 cm³/mol. The van der Waals surface area contributed by atoms with Crippen LogP contribution in [0, 0.1) is 0 Å². The molecule has 0 aliphatic rings. The molecule has 2 aromatic rings. The van der Waals surface area contributed by atoms with Gasteiger partial charge in [-0.2, -0.15) is 5.21 Å². The van der Waals surface area contributed by atoms with Gasteiger partial charge in [-0.05, 0) is 31.2 Å². The Labute approximate surface area is 110 Å². The number of nitrogens with zero attached hydrogens (tertiary/aromatic N) is 3. The monoisotopic (exact) mass is 283 g/mol. The Hall–Kier alpha value is -2.00. The Bertz CT molecular complexity index is 624. The maximum Gasteiger partial charge on any atom is 0.241 e. The fraction of sp³-hybridized carbons (Fsp3) is 0.300. The molecule has 0 aliphatic carbocycles. The summed E-state index contributed by atoms with van der Waals surface area (Å²) in [6, 6.07) is 5.50. The van der Waals surface area contributed by atoms with Gasteiger partial charge in [0.25, 0.3) is 0 Å². The van der Waals surface area contributed by atoms with Crippen LogP contribution in [-0.4, -0.2) is 36.2 Å². The van der Waals surface area contributed by atoms with Gasteiger partial charge >= 0.3 is 0 Å². The van der Waals surface area contributed by atoms with E-state index in [1.807, 2.05) is 0 Å². The summed E-state index contributed by atoms with van der Waals surface area (Å²) in [4.78, 5) is 0.142. The second-order valence-corrected chi connectivity index (χ2v) is 5.50. The molecule has 1 unspecified atom stereocenters. The van der Waals surface area contributed by atoms with Crippen LogP contribution in [0.15, 0.2) is 29.2 Å². The Morgan fingerprint density at radius 3 is 2.53 bits per heavy atom. The summed E-state index contributed by atoms with van der Waals surface area (Å²) in [5.74, 6) is 0.863. The molecule has 8 nitrogen and oxygen atoms in total. The molecule has 102 valence electrons. The summed E-state index contributed by atoms with van der Waals surface area (Å²) in [6.07, 6.45) is 0. The molecular formula is C10H13N5O3S. The molecule has 2 N–H and O–H groups in total. The van der Waals surface area contributed by atoms with E-state index in [0.29, 0.717) is 5.75 Å². The number of aromatic nitrogens is 4. The molecule has 0 fully saturated rings. The number of nitrogens with one attached hydrogen (secondary N) is 2. The molecule has 1 heterocycles. The van der Waals surface area contributed by atoms with Gasteiger partial charge in [0.15, 0.2) is 5.82 Å². The van der Waals surface area contributed by atoms with E-state index in [-0.39, 0.29) is 10.7 Å². The van der Waals surface area contributed by atoms with Gasteiger partial charge in [0.2, 0.25) is 10.0 Å². The van der Waals surface area contributed by atoms with Gasteiger partial charge in [-0.1, -0.05) is 5.21 Å². The summed E-state index contributed by atoms with van der Waals surface area (Å²) in [5, 5.41) is 13.1. The number of methoxy groups -OCH3 is 1. The third kappa shape index (κ3) is 3.06. The Morgan fingerprint density at radius 2 is 2.00 bits per heavy atom. The lowest BCUT2D eigenvalue weighted by atomic mass is 10.3. The zero-order valence-electron chi connectivity index (χ0n) is 10.4. The minimum atomic E-state index is -3.64. The molecule has 9 heteroatoms. The van der Waals surface area contributed by atoms with Crippen LogP contribution in [0.1, 0.15) is 18.8 Å². The zero-order valence-corrected chi connectivity index (χ0v) is 11.2. The van der Waals surface area contributed by atoms with Gasteiger partial charge in [-0.15, -0.1) is 10.2 Å². The van der Waals surface area contributed by atoms with Crippen LogP contribution in [0.4, 0.5) is 0 Å². The van der Waals surface area contributed by atoms with Crippen LogP contribution in [0.25, 0.3) is 0 Å². The SMILES string of the molecule is COc1ccc(S(=O)(=O)NC(C)c2nn[nH]n2)cc1. The van der Waals surface area contributed by atoms with Crippen molar-refractivity contribution in [1.29, 1.82) is 0 Å². The van der Waals surface area contributed by atoms with Gasteiger partial charge in [-0.25, -0.2) is 13.1 Å². The fourth-order valence-corrected chi connectivity index (χ4v) is 2.66. The number of benzene rings is 1. The van der Waals surface area contributed by atoms with Gasteiger partial charge in [0.05, 0.1) is 18.0 Å². The molecule has 1 aromatic heterocycles. The molecule has 0 saturated heterocycles. The quantitative estimate of drug-likeness (QED) is 0.813. The van der Waals surface area contributed by atoms with Crippen LogP contribution < -0.4 is 9.46 Å². The number of aromatic amines is 1. The molecule has 0 aliphatic heterocycles. The molecule has 0 radical (unpaired) electrons. The average molecular weight is 283 g/mol. The molecule has 19 heavy (non-hydrogen) atoms. The van der Waals surface area contributed by atoms with E-state index in [1.54, 1.807) is 19.1 Å². The minimum Gasteiger partial charge on any atom is -0.497 e. The molecular weight excluding hydrogens is 270 g/mol. The van der Waals surface area contributed by atoms with E-state index >= 15 is 0 Å². The van der Waals surface area contributed by atoms with Crippen molar-refractivity contribution in [3.05, 3.63) is 30.1 Å². The van der Waals surface area contributed by atoms with Crippen molar-refractivity contribution in [2.45, 2.75) is 17.9 Å². The third-order valence-corrected chi connectivity index (χ3v) is 4.01. The van der Waals surface area contributed by atoms with Gasteiger partial charge < -0.3 is 4.74 Å². The highest BCUT2D eigenvalue weighted by molar-refractivity contribution is 7.89. The first kappa shape index (κ1) is 13.4. The van der Waals surface area contributed by atoms with Gasteiger partial charge in [0.1, 0.15) is 5.75 Å². The fourth-order valence-electron chi connectivity index (χ4n) is 1.46. The number of H-pyrrole nitrogens is 1. The topological polar surface area (TPSA) is 110 Å². The first-order chi connectivity index (χ1) is 9.03. The van der Waals surface area contributed by atoms with Gasteiger partial charge in [-0.3, -0.25) is 0 Å². The number of sulfonamides is 1. The molecule has 1 aromatic carbocycles. The van der Waals surface area contributed by atoms with Crippen LogP contribution in [0.5, 0.6) is 5.75 Å². The van der Waals surface area contributed by atoms with E-state index in [1.165, 1.54) is 19.2 Å². The third-order valence-electron chi connectivity index (χ3n) is 2.45. The van der Waals surface area contributed by atoms with Crippen LogP contribution in [0.3, 0.4) is 0 Å². The first-order valence-corrected chi connectivity index (χ1v) is 6.91. The maximum absolute atomic E-state index is 12.1. The highest BCUT2D eigenvalue weighted by atomic mass is 32.2. The van der Waals surface area contributed by atoms with Crippen molar-refractivity contribution in [2.24, 2.45) is 0 Å². The number of tetrazole rings is 1. The van der Waals surface area contributed by atoms with E-state index in [9.17, 15) is 8.42 Å². The summed E-state index contributed by atoms with van der Waals surface area (Å²) in [7, 11) is -2.12. The molecule has 0 amide bonds. The number of hydrogen-bond acceptors (Lipinski definition) is 6. The normalized spacial score (nSPS) is 13.2. The first-order valence-electron chi connectivity index (χ1n) is 5.42. The highest BCUT2D eigenvalue weighted by Gasteiger charge is 2.20. The summed E-state index contributed by atoms with van der Waals surface area (Å²) < 4.78 is 31.6. The van der Waals surface area contributed by atoms with Crippen LogP contribution in [0.2, 0.25) is 0 Å².